The van der Waals surface area contributed by atoms with Gasteiger partial charge in [-0.25, -0.2) is 0 Å². The summed E-state index contributed by atoms with van der Waals surface area (Å²) in [5.41, 5.74) is 0. The van der Waals surface area contributed by atoms with Gasteiger partial charge < -0.3 is 15.5 Å². The first kappa shape index (κ1) is 15.8. The summed E-state index contributed by atoms with van der Waals surface area (Å²) < 4.78 is 0. The fourth-order valence-electron chi connectivity index (χ4n) is 4.86. The van der Waals surface area contributed by atoms with Crippen LogP contribution in [0, 0.1) is 5.92 Å². The minimum absolute atomic E-state index is 0.791. The molecule has 0 aromatic rings. The van der Waals surface area contributed by atoms with Gasteiger partial charge in [0.1, 0.15) is 0 Å². The Kier molecular flexibility index (Phi) is 5.96. The Bertz CT molecular complexity index is 301. The SMILES string of the molecule is CC1CCCCN1CCCNC1CCCC1C1CCCN1. The predicted molar refractivity (Wildman–Crippen MR) is 89.7 cm³/mol. The summed E-state index contributed by atoms with van der Waals surface area (Å²) in [6, 6.07) is 2.42. The first-order valence-corrected chi connectivity index (χ1v) is 9.55. The van der Waals surface area contributed by atoms with Crippen LogP contribution in [0.2, 0.25) is 0 Å². The highest BCUT2D eigenvalue weighted by Crippen LogP contribution is 2.31. The second-order valence-electron chi connectivity index (χ2n) is 7.59. The molecule has 2 aliphatic heterocycles. The van der Waals surface area contributed by atoms with Crippen molar-refractivity contribution in [3.63, 3.8) is 0 Å². The lowest BCUT2D eigenvalue weighted by molar-refractivity contribution is 0.157. The van der Waals surface area contributed by atoms with Crippen LogP contribution in [0.1, 0.15) is 64.7 Å². The van der Waals surface area contributed by atoms with Gasteiger partial charge in [-0.05, 0) is 84.0 Å². The summed E-state index contributed by atoms with van der Waals surface area (Å²) in [5, 5.41) is 7.62. The zero-order chi connectivity index (χ0) is 14.5. The third-order valence-electron chi connectivity index (χ3n) is 6.15. The van der Waals surface area contributed by atoms with Crippen LogP contribution < -0.4 is 10.6 Å². The van der Waals surface area contributed by atoms with Crippen molar-refractivity contribution < 1.29 is 0 Å². The molecule has 3 nitrogen and oxygen atoms in total. The van der Waals surface area contributed by atoms with Gasteiger partial charge >= 0.3 is 0 Å². The topological polar surface area (TPSA) is 27.3 Å². The Morgan fingerprint density at radius 3 is 2.81 bits per heavy atom. The lowest BCUT2D eigenvalue weighted by Crippen LogP contribution is -2.43. The molecule has 4 unspecified atom stereocenters. The van der Waals surface area contributed by atoms with E-state index < -0.39 is 0 Å². The molecule has 2 saturated heterocycles. The van der Waals surface area contributed by atoms with E-state index >= 15 is 0 Å². The van der Waals surface area contributed by atoms with Crippen LogP contribution in [0.5, 0.6) is 0 Å². The average Bonchev–Trinajstić information content (AvgIpc) is 3.16. The molecule has 122 valence electrons. The Balaban J connectivity index is 1.34. The molecule has 0 spiro atoms. The third kappa shape index (κ3) is 4.20. The van der Waals surface area contributed by atoms with Crippen molar-refractivity contribution in [3.8, 4) is 0 Å². The second kappa shape index (κ2) is 7.94. The predicted octanol–water partition coefficient (Wildman–Crippen LogP) is 2.76. The lowest BCUT2D eigenvalue weighted by Gasteiger charge is -2.33. The van der Waals surface area contributed by atoms with Crippen LogP contribution in [-0.4, -0.2) is 49.2 Å². The van der Waals surface area contributed by atoms with Gasteiger partial charge in [-0.3, -0.25) is 0 Å². The van der Waals surface area contributed by atoms with E-state index in [0.717, 1.165) is 24.0 Å². The average molecular weight is 293 g/mol. The molecule has 3 fully saturated rings. The van der Waals surface area contributed by atoms with Gasteiger partial charge in [0.15, 0.2) is 0 Å². The Morgan fingerprint density at radius 2 is 2.00 bits per heavy atom. The molecule has 2 heterocycles. The van der Waals surface area contributed by atoms with Crippen LogP contribution in [0.3, 0.4) is 0 Å². The number of hydrogen-bond acceptors (Lipinski definition) is 3. The van der Waals surface area contributed by atoms with Crippen LogP contribution in [0.25, 0.3) is 0 Å². The van der Waals surface area contributed by atoms with E-state index in [2.05, 4.69) is 22.5 Å². The van der Waals surface area contributed by atoms with Crippen molar-refractivity contribution in [1.82, 2.24) is 15.5 Å². The van der Waals surface area contributed by atoms with Crippen molar-refractivity contribution in [2.24, 2.45) is 5.92 Å². The van der Waals surface area contributed by atoms with Crippen molar-refractivity contribution in [2.45, 2.75) is 82.8 Å². The van der Waals surface area contributed by atoms with Gasteiger partial charge in [0.05, 0.1) is 0 Å². The normalized spacial score (nSPS) is 38.1. The highest BCUT2D eigenvalue weighted by Gasteiger charge is 2.34. The zero-order valence-electron chi connectivity index (χ0n) is 13.9. The number of rotatable bonds is 6. The van der Waals surface area contributed by atoms with Crippen molar-refractivity contribution in [1.29, 1.82) is 0 Å². The molecule has 0 aromatic carbocycles. The van der Waals surface area contributed by atoms with E-state index in [4.69, 9.17) is 0 Å². The summed E-state index contributed by atoms with van der Waals surface area (Å²) in [5.74, 6) is 0.904. The number of nitrogens with zero attached hydrogens (tertiary/aromatic N) is 1. The molecule has 0 radical (unpaired) electrons. The number of nitrogens with one attached hydrogen (secondary N) is 2. The maximum Gasteiger partial charge on any atom is 0.0111 e. The minimum Gasteiger partial charge on any atom is -0.314 e. The summed E-state index contributed by atoms with van der Waals surface area (Å²) in [4.78, 5) is 2.70. The Hall–Kier alpha value is -0.120. The smallest absolute Gasteiger partial charge is 0.0111 e. The largest absolute Gasteiger partial charge is 0.314 e. The standard InChI is InChI=1S/C18H35N3/c1-15-7-2-3-13-21(15)14-6-12-20-17-9-4-8-16(17)18-10-5-11-19-18/h15-20H,2-14H2,1H3. The maximum atomic E-state index is 3.90. The molecular weight excluding hydrogens is 258 g/mol. The molecule has 0 amide bonds. The second-order valence-corrected chi connectivity index (χ2v) is 7.59. The van der Waals surface area contributed by atoms with Crippen LogP contribution in [0.15, 0.2) is 0 Å². The summed E-state index contributed by atoms with van der Waals surface area (Å²) in [7, 11) is 0. The molecule has 4 atom stereocenters. The molecule has 0 aromatic heterocycles. The number of piperidine rings is 1. The highest BCUT2D eigenvalue weighted by atomic mass is 15.2. The van der Waals surface area contributed by atoms with E-state index in [0.29, 0.717) is 0 Å². The summed E-state index contributed by atoms with van der Waals surface area (Å²) in [6.07, 6.45) is 12.7. The number of hydrogen-bond donors (Lipinski definition) is 2. The van der Waals surface area contributed by atoms with Gasteiger partial charge in [0, 0.05) is 18.1 Å². The van der Waals surface area contributed by atoms with E-state index in [1.165, 1.54) is 84.0 Å². The molecule has 3 heteroatoms. The van der Waals surface area contributed by atoms with E-state index in [1.807, 2.05) is 0 Å². The fourth-order valence-corrected chi connectivity index (χ4v) is 4.86. The molecule has 3 rings (SSSR count). The van der Waals surface area contributed by atoms with Gasteiger partial charge in [-0.1, -0.05) is 12.8 Å². The van der Waals surface area contributed by atoms with Gasteiger partial charge in [0.25, 0.3) is 0 Å². The van der Waals surface area contributed by atoms with Crippen molar-refractivity contribution in [2.75, 3.05) is 26.2 Å². The first-order chi connectivity index (χ1) is 10.3. The molecule has 21 heavy (non-hydrogen) atoms. The molecule has 2 N–H and O–H groups in total. The molecule has 1 aliphatic carbocycles. The molecular formula is C18H35N3. The van der Waals surface area contributed by atoms with Crippen LogP contribution in [-0.2, 0) is 0 Å². The Morgan fingerprint density at radius 1 is 1.05 bits per heavy atom. The third-order valence-corrected chi connectivity index (χ3v) is 6.15. The highest BCUT2D eigenvalue weighted by molar-refractivity contribution is 4.93. The quantitative estimate of drug-likeness (QED) is 0.737. The molecule has 1 saturated carbocycles. The fraction of sp³-hybridized carbons (Fsp3) is 1.00. The van der Waals surface area contributed by atoms with Crippen molar-refractivity contribution >= 4 is 0 Å². The monoisotopic (exact) mass is 293 g/mol. The maximum absolute atomic E-state index is 3.90. The minimum atomic E-state index is 0.791. The van der Waals surface area contributed by atoms with E-state index in [-0.39, 0.29) is 0 Å². The van der Waals surface area contributed by atoms with Gasteiger partial charge in [-0.2, -0.15) is 0 Å². The van der Waals surface area contributed by atoms with Crippen LogP contribution >= 0.6 is 0 Å². The van der Waals surface area contributed by atoms with E-state index in [1.54, 1.807) is 0 Å². The Labute approximate surface area is 131 Å². The van der Waals surface area contributed by atoms with Crippen LogP contribution in [0.4, 0.5) is 0 Å². The first-order valence-electron chi connectivity index (χ1n) is 9.55. The number of likely N-dealkylation sites (tertiary alicyclic amines) is 1. The van der Waals surface area contributed by atoms with Gasteiger partial charge in [-0.15, -0.1) is 0 Å². The van der Waals surface area contributed by atoms with Gasteiger partial charge in [0.2, 0.25) is 0 Å². The van der Waals surface area contributed by atoms with E-state index in [9.17, 15) is 0 Å². The summed E-state index contributed by atoms with van der Waals surface area (Å²) >= 11 is 0. The summed E-state index contributed by atoms with van der Waals surface area (Å²) in [6.45, 7) is 7.51. The molecule has 0 bridgehead atoms. The van der Waals surface area contributed by atoms with Crippen molar-refractivity contribution in [3.05, 3.63) is 0 Å². The molecule has 3 aliphatic rings. The lowest BCUT2D eigenvalue weighted by atomic mass is 9.93. The zero-order valence-corrected chi connectivity index (χ0v) is 13.9.